The summed E-state index contributed by atoms with van der Waals surface area (Å²) in [4.78, 5) is 28.5. The van der Waals surface area contributed by atoms with Crippen LogP contribution in [0.1, 0.15) is 37.7 Å². The van der Waals surface area contributed by atoms with Gasteiger partial charge in [0.25, 0.3) is 5.56 Å². The molecule has 2 aromatic heterocycles. The number of carbonyl (C=O) groups excluding carboxylic acids is 1. The highest BCUT2D eigenvalue weighted by molar-refractivity contribution is 5.74. The lowest BCUT2D eigenvalue weighted by Crippen LogP contribution is -2.32. The minimum absolute atomic E-state index is 0.123. The maximum Gasteiger partial charge on any atom is 0.329 e. The number of anilines is 1. The minimum Gasteiger partial charge on any atom is -0.464 e. The molecular formula is C14H19N5O4. The van der Waals surface area contributed by atoms with Crippen LogP contribution in [0.5, 0.6) is 0 Å². The average Bonchev–Trinajstić information content (AvgIpc) is 2.94. The molecule has 1 N–H and O–H groups in total. The Morgan fingerprint density at radius 3 is 2.83 bits per heavy atom. The lowest BCUT2D eigenvalue weighted by Gasteiger charge is -2.17. The summed E-state index contributed by atoms with van der Waals surface area (Å²) >= 11 is 0. The first-order chi connectivity index (χ1) is 11.1. The van der Waals surface area contributed by atoms with Gasteiger partial charge in [0.05, 0.1) is 13.2 Å². The van der Waals surface area contributed by atoms with Crippen LogP contribution in [-0.4, -0.2) is 32.4 Å². The second kappa shape index (κ2) is 7.52. The molecule has 0 spiro atoms. The summed E-state index contributed by atoms with van der Waals surface area (Å²) < 4.78 is 10.9. The lowest BCUT2D eigenvalue weighted by atomic mass is 10.2. The van der Waals surface area contributed by atoms with E-state index < -0.39 is 17.6 Å². The van der Waals surface area contributed by atoms with E-state index in [0.29, 0.717) is 17.8 Å². The van der Waals surface area contributed by atoms with Crippen molar-refractivity contribution < 1.29 is 14.2 Å². The second-order valence-electron chi connectivity index (χ2n) is 4.81. The van der Waals surface area contributed by atoms with Gasteiger partial charge in [-0.3, -0.25) is 9.36 Å². The Hall–Kier alpha value is -2.71. The highest BCUT2D eigenvalue weighted by Crippen LogP contribution is 2.12. The van der Waals surface area contributed by atoms with E-state index in [9.17, 15) is 9.59 Å². The van der Waals surface area contributed by atoms with E-state index in [0.717, 1.165) is 0 Å². The zero-order valence-electron chi connectivity index (χ0n) is 13.3. The van der Waals surface area contributed by atoms with Crippen LogP contribution in [0, 0.1) is 6.92 Å². The first kappa shape index (κ1) is 16.7. The van der Waals surface area contributed by atoms with E-state index in [-0.39, 0.29) is 19.0 Å². The number of rotatable bonds is 7. The third-order valence-electron chi connectivity index (χ3n) is 3.32. The summed E-state index contributed by atoms with van der Waals surface area (Å²) in [6.07, 6.45) is 3.37. The molecule has 0 bridgehead atoms. The number of ether oxygens (including phenoxy) is 1. The van der Waals surface area contributed by atoms with Crippen molar-refractivity contribution in [3.05, 3.63) is 34.1 Å². The van der Waals surface area contributed by atoms with Crippen LogP contribution in [0.25, 0.3) is 0 Å². The number of esters is 1. The van der Waals surface area contributed by atoms with Gasteiger partial charge in [-0.25, -0.2) is 14.4 Å². The van der Waals surface area contributed by atoms with Gasteiger partial charge in [0, 0.05) is 12.4 Å². The molecule has 0 saturated carbocycles. The molecule has 9 heteroatoms. The smallest absolute Gasteiger partial charge is 0.329 e. The number of nitrogens with zero attached hydrogens (tertiary/aromatic N) is 4. The fourth-order valence-electron chi connectivity index (χ4n) is 2.08. The molecule has 0 radical (unpaired) electrons. The second-order valence-corrected chi connectivity index (χ2v) is 4.81. The fourth-order valence-corrected chi connectivity index (χ4v) is 2.08. The van der Waals surface area contributed by atoms with Crippen LogP contribution in [0.2, 0.25) is 0 Å². The van der Waals surface area contributed by atoms with Gasteiger partial charge in [0.15, 0.2) is 5.82 Å². The average molecular weight is 321 g/mol. The summed E-state index contributed by atoms with van der Waals surface area (Å²) in [6.45, 7) is 5.79. The van der Waals surface area contributed by atoms with Gasteiger partial charge in [0.2, 0.25) is 0 Å². The van der Waals surface area contributed by atoms with Gasteiger partial charge in [0.1, 0.15) is 17.4 Å². The van der Waals surface area contributed by atoms with E-state index in [1.807, 2.05) is 6.92 Å². The summed E-state index contributed by atoms with van der Waals surface area (Å²) in [5.41, 5.74) is 0.812. The van der Waals surface area contributed by atoms with Crippen molar-refractivity contribution in [2.24, 2.45) is 0 Å². The van der Waals surface area contributed by atoms with Crippen molar-refractivity contribution in [3.8, 4) is 0 Å². The molecule has 0 fully saturated rings. The molecule has 0 aliphatic heterocycles. The van der Waals surface area contributed by atoms with E-state index in [1.165, 1.54) is 17.0 Å². The molecule has 0 unspecified atom stereocenters. The summed E-state index contributed by atoms with van der Waals surface area (Å²) in [7, 11) is 0. The predicted octanol–water partition coefficient (Wildman–Crippen LogP) is 1.06. The Kier molecular flexibility index (Phi) is 5.45. The molecular weight excluding hydrogens is 302 g/mol. The van der Waals surface area contributed by atoms with Crippen molar-refractivity contribution in [1.29, 1.82) is 0 Å². The highest BCUT2D eigenvalue weighted by Gasteiger charge is 2.22. The SMILES string of the molecule is CCOC(=O)[C@H](CC)n1ccnc(NCc2nonc2C)c1=O. The molecule has 23 heavy (non-hydrogen) atoms. The fraction of sp³-hybridized carbons (Fsp3) is 0.500. The number of hydrogen-bond donors (Lipinski definition) is 1. The van der Waals surface area contributed by atoms with Crippen molar-refractivity contribution in [3.63, 3.8) is 0 Å². The van der Waals surface area contributed by atoms with Gasteiger partial charge in [-0.05, 0) is 20.3 Å². The Morgan fingerprint density at radius 1 is 1.43 bits per heavy atom. The van der Waals surface area contributed by atoms with E-state index in [1.54, 1.807) is 13.8 Å². The molecule has 0 amide bonds. The summed E-state index contributed by atoms with van der Waals surface area (Å²) in [5, 5.41) is 10.3. The van der Waals surface area contributed by atoms with E-state index in [4.69, 9.17) is 4.74 Å². The predicted molar refractivity (Wildman–Crippen MR) is 80.8 cm³/mol. The van der Waals surface area contributed by atoms with E-state index >= 15 is 0 Å². The van der Waals surface area contributed by atoms with Crippen molar-refractivity contribution >= 4 is 11.8 Å². The quantitative estimate of drug-likeness (QED) is 0.753. The van der Waals surface area contributed by atoms with Crippen LogP contribution in [0.15, 0.2) is 21.8 Å². The van der Waals surface area contributed by atoms with Crippen molar-refractivity contribution in [2.45, 2.75) is 39.8 Å². The van der Waals surface area contributed by atoms with Crippen LogP contribution in [-0.2, 0) is 16.1 Å². The van der Waals surface area contributed by atoms with Crippen LogP contribution in [0.4, 0.5) is 5.82 Å². The lowest BCUT2D eigenvalue weighted by molar-refractivity contribution is -0.147. The third-order valence-corrected chi connectivity index (χ3v) is 3.32. The van der Waals surface area contributed by atoms with Crippen LogP contribution < -0.4 is 10.9 Å². The number of hydrogen-bond acceptors (Lipinski definition) is 8. The van der Waals surface area contributed by atoms with Gasteiger partial charge in [-0.1, -0.05) is 17.2 Å². The molecule has 2 heterocycles. The molecule has 1 atom stereocenters. The van der Waals surface area contributed by atoms with Crippen LogP contribution >= 0.6 is 0 Å². The maximum absolute atomic E-state index is 12.5. The number of aromatic nitrogens is 4. The number of aryl methyl sites for hydroxylation is 1. The molecule has 124 valence electrons. The normalized spacial score (nSPS) is 12.0. The molecule has 0 aliphatic rings. The molecule has 0 aromatic carbocycles. The Labute approximate surface area is 132 Å². The first-order valence-electron chi connectivity index (χ1n) is 7.34. The zero-order valence-corrected chi connectivity index (χ0v) is 13.3. The maximum atomic E-state index is 12.5. The largest absolute Gasteiger partial charge is 0.464 e. The standard InChI is InChI=1S/C14H19N5O4/c1-4-11(14(21)22-5-2)19-7-6-15-12(13(19)20)16-8-10-9(3)17-23-18-10/h6-7,11H,4-5,8H2,1-3H3,(H,15,16)/t11-/m0/s1. The van der Waals surface area contributed by atoms with Gasteiger partial charge in [-0.15, -0.1) is 0 Å². The van der Waals surface area contributed by atoms with Gasteiger partial charge < -0.3 is 10.1 Å². The molecule has 0 aliphatic carbocycles. The zero-order chi connectivity index (χ0) is 16.8. The van der Waals surface area contributed by atoms with Gasteiger partial charge in [-0.2, -0.15) is 0 Å². The van der Waals surface area contributed by atoms with Crippen molar-refractivity contribution in [2.75, 3.05) is 11.9 Å². The minimum atomic E-state index is -0.679. The first-order valence-corrected chi connectivity index (χ1v) is 7.34. The Balaban J connectivity index is 2.21. The molecule has 2 aromatic rings. The highest BCUT2D eigenvalue weighted by atomic mass is 16.6. The van der Waals surface area contributed by atoms with Gasteiger partial charge >= 0.3 is 5.97 Å². The number of carbonyl (C=O) groups is 1. The summed E-state index contributed by atoms with van der Waals surface area (Å²) in [5.74, 6) is -0.316. The third kappa shape index (κ3) is 3.74. The summed E-state index contributed by atoms with van der Waals surface area (Å²) in [6, 6.07) is -0.679. The van der Waals surface area contributed by atoms with Crippen LogP contribution in [0.3, 0.4) is 0 Å². The Bertz CT molecular complexity index is 724. The monoisotopic (exact) mass is 321 g/mol. The topological polar surface area (TPSA) is 112 Å². The Morgan fingerprint density at radius 2 is 2.22 bits per heavy atom. The van der Waals surface area contributed by atoms with E-state index in [2.05, 4.69) is 25.2 Å². The number of nitrogens with one attached hydrogen (secondary N) is 1. The molecule has 9 nitrogen and oxygen atoms in total. The molecule has 0 saturated heterocycles. The molecule has 2 rings (SSSR count). The van der Waals surface area contributed by atoms with Crippen molar-refractivity contribution in [1.82, 2.24) is 19.9 Å².